The molecule has 0 saturated carbocycles. The zero-order chi connectivity index (χ0) is 14.7. The Bertz CT molecular complexity index is 578. The molecule has 0 bridgehead atoms. The quantitative estimate of drug-likeness (QED) is 0.889. The molecule has 7 heteroatoms. The number of phenolic OH excluding ortho intramolecular Hbond substituents is 1. The van der Waals surface area contributed by atoms with Gasteiger partial charge in [-0.3, -0.25) is 0 Å². The van der Waals surface area contributed by atoms with Gasteiger partial charge in [0.25, 0.3) is 0 Å². The normalized spacial score (nSPS) is 11.1. The Morgan fingerprint density at radius 2 is 1.90 bits per heavy atom. The Hall–Kier alpha value is -1.76. The number of halogens is 2. The Balaban J connectivity index is 2.00. The second-order valence-corrected chi connectivity index (χ2v) is 5.92. The number of benzene rings is 1. The Kier molecular flexibility index (Phi) is 4.49. The molecular formula is C13H15F2N3OS. The number of nitrogens with zero attached hydrogens (tertiary/aromatic N) is 2. The molecular weight excluding hydrogens is 284 g/mol. The molecule has 1 aromatic heterocycles. The van der Waals surface area contributed by atoms with Crippen LogP contribution in [-0.4, -0.2) is 15.3 Å². The van der Waals surface area contributed by atoms with E-state index in [2.05, 4.69) is 29.4 Å². The zero-order valence-corrected chi connectivity index (χ0v) is 12.0. The Morgan fingerprint density at radius 3 is 2.50 bits per heavy atom. The maximum atomic E-state index is 13.2. The number of aromatic hydroxyl groups is 1. The van der Waals surface area contributed by atoms with Crippen molar-refractivity contribution in [2.24, 2.45) is 5.92 Å². The molecule has 0 unspecified atom stereocenters. The van der Waals surface area contributed by atoms with E-state index in [1.807, 2.05) is 0 Å². The number of rotatable bonds is 5. The standard InChI is InChI=1S/C13H15F2N3OS/c1-7(2)3-11-17-18-13(20-11)16-6-8-4-9(14)12(19)10(15)5-8/h4-5,7,19H,3,6H2,1-2H3,(H,16,18). The van der Waals surface area contributed by atoms with E-state index in [9.17, 15) is 8.78 Å². The van der Waals surface area contributed by atoms with Crippen molar-refractivity contribution in [3.05, 3.63) is 34.3 Å². The highest BCUT2D eigenvalue weighted by Crippen LogP contribution is 2.23. The lowest BCUT2D eigenvalue weighted by atomic mass is 10.1. The first-order valence-electron chi connectivity index (χ1n) is 6.19. The van der Waals surface area contributed by atoms with E-state index in [1.165, 1.54) is 11.3 Å². The van der Waals surface area contributed by atoms with E-state index >= 15 is 0 Å². The van der Waals surface area contributed by atoms with Gasteiger partial charge in [0.05, 0.1) is 0 Å². The molecule has 4 nitrogen and oxygen atoms in total. The van der Waals surface area contributed by atoms with Gasteiger partial charge < -0.3 is 10.4 Å². The SMILES string of the molecule is CC(C)Cc1nnc(NCc2cc(F)c(O)c(F)c2)s1. The molecule has 1 heterocycles. The van der Waals surface area contributed by atoms with Crippen molar-refractivity contribution < 1.29 is 13.9 Å². The van der Waals surface area contributed by atoms with Crippen LogP contribution in [0.4, 0.5) is 13.9 Å². The second-order valence-electron chi connectivity index (χ2n) is 4.86. The third-order valence-electron chi connectivity index (χ3n) is 2.57. The molecule has 0 aliphatic rings. The van der Waals surface area contributed by atoms with Gasteiger partial charge in [0.2, 0.25) is 5.13 Å². The molecule has 0 radical (unpaired) electrons. The van der Waals surface area contributed by atoms with Crippen LogP contribution in [0.3, 0.4) is 0 Å². The van der Waals surface area contributed by atoms with Gasteiger partial charge in [-0.15, -0.1) is 10.2 Å². The minimum atomic E-state index is -0.973. The van der Waals surface area contributed by atoms with Crippen LogP contribution >= 0.6 is 11.3 Å². The number of aromatic nitrogens is 2. The average Bonchev–Trinajstić information content (AvgIpc) is 2.80. The molecule has 0 spiro atoms. The lowest BCUT2D eigenvalue weighted by Gasteiger charge is -2.04. The molecule has 2 rings (SSSR count). The summed E-state index contributed by atoms with van der Waals surface area (Å²) in [6.45, 7) is 4.40. The summed E-state index contributed by atoms with van der Waals surface area (Å²) >= 11 is 1.42. The van der Waals surface area contributed by atoms with E-state index in [1.54, 1.807) is 0 Å². The average molecular weight is 299 g/mol. The van der Waals surface area contributed by atoms with Crippen molar-refractivity contribution in [3.8, 4) is 5.75 Å². The number of nitrogens with one attached hydrogen (secondary N) is 1. The molecule has 2 N–H and O–H groups in total. The highest BCUT2D eigenvalue weighted by Gasteiger charge is 2.10. The van der Waals surface area contributed by atoms with Crippen molar-refractivity contribution in [1.29, 1.82) is 0 Å². The van der Waals surface area contributed by atoms with Gasteiger partial charge in [0.1, 0.15) is 5.01 Å². The third-order valence-corrected chi connectivity index (χ3v) is 3.47. The van der Waals surface area contributed by atoms with Gasteiger partial charge in [-0.2, -0.15) is 0 Å². The fraction of sp³-hybridized carbons (Fsp3) is 0.385. The van der Waals surface area contributed by atoms with Crippen LogP contribution in [0.5, 0.6) is 5.75 Å². The maximum absolute atomic E-state index is 13.2. The number of hydrogen-bond donors (Lipinski definition) is 2. The fourth-order valence-corrected chi connectivity index (χ4v) is 2.60. The van der Waals surface area contributed by atoms with Crippen LogP contribution in [0.25, 0.3) is 0 Å². The lowest BCUT2D eigenvalue weighted by molar-refractivity contribution is 0.395. The van der Waals surface area contributed by atoms with Crippen molar-refractivity contribution >= 4 is 16.5 Å². The third kappa shape index (κ3) is 3.63. The summed E-state index contributed by atoms with van der Waals surface area (Å²) in [5.41, 5.74) is 0.387. The van der Waals surface area contributed by atoms with Gasteiger partial charge in [0.15, 0.2) is 17.4 Å². The van der Waals surface area contributed by atoms with Crippen molar-refractivity contribution in [1.82, 2.24) is 10.2 Å². The first kappa shape index (κ1) is 14.6. The van der Waals surface area contributed by atoms with Crippen LogP contribution in [0, 0.1) is 17.6 Å². The minimum Gasteiger partial charge on any atom is -0.503 e. The lowest BCUT2D eigenvalue weighted by Crippen LogP contribution is -2.00. The van der Waals surface area contributed by atoms with Gasteiger partial charge in [-0.05, 0) is 23.6 Å². The van der Waals surface area contributed by atoms with Crippen LogP contribution in [0.15, 0.2) is 12.1 Å². The molecule has 0 saturated heterocycles. The minimum absolute atomic E-state index is 0.213. The van der Waals surface area contributed by atoms with Crippen LogP contribution in [0.2, 0.25) is 0 Å². The summed E-state index contributed by atoms with van der Waals surface area (Å²) in [4.78, 5) is 0. The summed E-state index contributed by atoms with van der Waals surface area (Å²) < 4.78 is 26.3. The summed E-state index contributed by atoms with van der Waals surface area (Å²) in [6, 6.07) is 2.17. The van der Waals surface area contributed by atoms with Gasteiger partial charge >= 0.3 is 0 Å². The highest BCUT2D eigenvalue weighted by atomic mass is 32.1. The van der Waals surface area contributed by atoms with Gasteiger partial charge in [-0.1, -0.05) is 25.2 Å². The maximum Gasteiger partial charge on any atom is 0.205 e. The van der Waals surface area contributed by atoms with E-state index in [-0.39, 0.29) is 6.54 Å². The number of hydrogen-bond acceptors (Lipinski definition) is 5. The summed E-state index contributed by atoms with van der Waals surface area (Å²) in [5.74, 6) is -2.40. The molecule has 1 aromatic carbocycles. The molecule has 0 aliphatic heterocycles. The Labute approximate surface area is 119 Å². The molecule has 2 aromatic rings. The summed E-state index contributed by atoms with van der Waals surface area (Å²) in [7, 11) is 0. The van der Waals surface area contributed by atoms with E-state index < -0.39 is 17.4 Å². The number of anilines is 1. The first-order chi connectivity index (χ1) is 9.45. The van der Waals surface area contributed by atoms with E-state index in [4.69, 9.17) is 5.11 Å². The van der Waals surface area contributed by atoms with Crippen LogP contribution < -0.4 is 5.32 Å². The monoisotopic (exact) mass is 299 g/mol. The van der Waals surface area contributed by atoms with E-state index in [0.717, 1.165) is 23.6 Å². The summed E-state index contributed by atoms with van der Waals surface area (Å²) in [5, 5.41) is 21.5. The predicted molar refractivity (Wildman–Crippen MR) is 73.8 cm³/mol. The highest BCUT2D eigenvalue weighted by molar-refractivity contribution is 7.15. The molecule has 0 amide bonds. The predicted octanol–water partition coefficient (Wildman–Crippen LogP) is 3.33. The second kappa shape index (κ2) is 6.13. The van der Waals surface area contributed by atoms with Crippen LogP contribution in [0.1, 0.15) is 24.4 Å². The molecule has 108 valence electrons. The molecule has 0 atom stereocenters. The van der Waals surface area contributed by atoms with Crippen molar-refractivity contribution in [3.63, 3.8) is 0 Å². The van der Waals surface area contributed by atoms with Crippen LogP contribution in [-0.2, 0) is 13.0 Å². The van der Waals surface area contributed by atoms with Gasteiger partial charge in [0, 0.05) is 13.0 Å². The fourth-order valence-electron chi connectivity index (χ4n) is 1.65. The topological polar surface area (TPSA) is 58.0 Å². The zero-order valence-electron chi connectivity index (χ0n) is 11.2. The Morgan fingerprint density at radius 1 is 1.25 bits per heavy atom. The smallest absolute Gasteiger partial charge is 0.205 e. The molecule has 20 heavy (non-hydrogen) atoms. The molecule has 0 fully saturated rings. The largest absolute Gasteiger partial charge is 0.503 e. The van der Waals surface area contributed by atoms with Crippen molar-refractivity contribution in [2.75, 3.05) is 5.32 Å². The number of phenols is 1. The van der Waals surface area contributed by atoms with E-state index in [0.29, 0.717) is 16.6 Å². The molecule has 0 aliphatic carbocycles. The van der Waals surface area contributed by atoms with Gasteiger partial charge in [-0.25, -0.2) is 8.78 Å². The summed E-state index contributed by atoms with van der Waals surface area (Å²) in [6.07, 6.45) is 0.849. The van der Waals surface area contributed by atoms with Crippen molar-refractivity contribution in [2.45, 2.75) is 26.8 Å². The first-order valence-corrected chi connectivity index (χ1v) is 7.00.